The van der Waals surface area contributed by atoms with Crippen LogP contribution in [0.25, 0.3) is 0 Å². The Labute approximate surface area is 47.4 Å². The third-order valence-corrected chi connectivity index (χ3v) is 1.89. The van der Waals surface area contributed by atoms with Crippen LogP contribution in [0.15, 0.2) is 0 Å². The smallest absolute Gasteiger partial charge is 0 e. The lowest BCUT2D eigenvalue weighted by molar-refractivity contribution is 0.385. The van der Waals surface area contributed by atoms with Gasteiger partial charge in [0.15, 0.2) is 0 Å². The number of hydrogen-bond donors (Lipinski definition) is 0. The molecular formula is C7H16. The first-order valence-corrected chi connectivity index (χ1v) is 3.39. The summed E-state index contributed by atoms with van der Waals surface area (Å²) < 4.78 is 0. The Morgan fingerprint density at radius 3 is 2.00 bits per heavy atom. The fourth-order valence-corrected chi connectivity index (χ4v) is 1.31. The molecule has 1 fully saturated rings. The van der Waals surface area contributed by atoms with E-state index in [1.807, 2.05) is 0 Å². The molecule has 0 N–H and O–H groups in total. The highest BCUT2D eigenvalue weighted by atomic mass is 14.1. The SMILES string of the molecule is CC1CCCCC1.[HH]. The lowest BCUT2D eigenvalue weighted by Gasteiger charge is -2.15. The zero-order chi connectivity index (χ0) is 5.11. The summed E-state index contributed by atoms with van der Waals surface area (Å²) in [5.41, 5.74) is 0. The Balaban J connectivity index is 0.000000490. The van der Waals surface area contributed by atoms with Crippen molar-refractivity contribution in [2.75, 3.05) is 0 Å². The third-order valence-electron chi connectivity index (χ3n) is 1.89. The molecule has 0 amide bonds. The van der Waals surface area contributed by atoms with Gasteiger partial charge in [-0.15, -0.1) is 0 Å². The van der Waals surface area contributed by atoms with Crippen LogP contribution < -0.4 is 0 Å². The van der Waals surface area contributed by atoms with Gasteiger partial charge in [-0.3, -0.25) is 0 Å². The van der Waals surface area contributed by atoms with Crippen molar-refractivity contribution in [2.24, 2.45) is 5.92 Å². The van der Waals surface area contributed by atoms with E-state index in [4.69, 9.17) is 0 Å². The van der Waals surface area contributed by atoms with E-state index in [0.717, 1.165) is 5.92 Å². The van der Waals surface area contributed by atoms with Crippen LogP contribution >= 0.6 is 0 Å². The van der Waals surface area contributed by atoms with Gasteiger partial charge < -0.3 is 0 Å². The molecule has 1 aliphatic carbocycles. The second-order valence-corrected chi connectivity index (χ2v) is 2.74. The van der Waals surface area contributed by atoms with Crippen molar-refractivity contribution in [1.29, 1.82) is 0 Å². The molecule has 0 heterocycles. The van der Waals surface area contributed by atoms with Gasteiger partial charge in [-0.05, 0) is 5.92 Å². The fourth-order valence-electron chi connectivity index (χ4n) is 1.31. The molecule has 0 atom stereocenters. The molecule has 0 radical (unpaired) electrons. The average molecular weight is 100 g/mol. The predicted molar refractivity (Wildman–Crippen MR) is 34.4 cm³/mol. The fraction of sp³-hybridized carbons (Fsp3) is 1.00. The summed E-state index contributed by atoms with van der Waals surface area (Å²) in [6, 6.07) is 0. The first kappa shape index (κ1) is 5.14. The van der Waals surface area contributed by atoms with Crippen LogP contribution in [0.4, 0.5) is 0 Å². The Kier molecular flexibility index (Phi) is 1.72. The van der Waals surface area contributed by atoms with E-state index in [1.165, 1.54) is 32.1 Å². The highest BCUT2D eigenvalue weighted by molar-refractivity contribution is 4.59. The van der Waals surface area contributed by atoms with Crippen molar-refractivity contribution in [1.82, 2.24) is 0 Å². The van der Waals surface area contributed by atoms with Crippen LogP contribution in [0.1, 0.15) is 40.5 Å². The minimum Gasteiger partial charge on any atom is -0.0625 e. The first-order chi connectivity index (χ1) is 3.39. The second-order valence-electron chi connectivity index (χ2n) is 2.74. The highest BCUT2D eigenvalue weighted by Gasteiger charge is 2.05. The third kappa shape index (κ3) is 1.50. The van der Waals surface area contributed by atoms with Gasteiger partial charge in [-0.25, -0.2) is 0 Å². The largest absolute Gasteiger partial charge is 0.0625 e. The maximum atomic E-state index is 2.36. The van der Waals surface area contributed by atoms with Crippen molar-refractivity contribution >= 4 is 0 Å². The van der Waals surface area contributed by atoms with Crippen molar-refractivity contribution in [2.45, 2.75) is 39.0 Å². The zero-order valence-electron chi connectivity index (χ0n) is 5.11. The van der Waals surface area contributed by atoms with Gasteiger partial charge in [0, 0.05) is 1.43 Å². The number of rotatable bonds is 0. The molecule has 0 spiro atoms. The molecule has 1 saturated carbocycles. The molecule has 0 nitrogen and oxygen atoms in total. The molecule has 1 rings (SSSR count). The summed E-state index contributed by atoms with van der Waals surface area (Å²) in [7, 11) is 0. The van der Waals surface area contributed by atoms with Crippen molar-refractivity contribution < 1.29 is 1.43 Å². The van der Waals surface area contributed by atoms with Crippen LogP contribution in [-0.2, 0) is 0 Å². The summed E-state index contributed by atoms with van der Waals surface area (Å²) >= 11 is 0. The summed E-state index contributed by atoms with van der Waals surface area (Å²) in [4.78, 5) is 0. The average Bonchev–Trinajstić information content (AvgIpc) is 1.69. The van der Waals surface area contributed by atoms with Crippen molar-refractivity contribution in [3.8, 4) is 0 Å². The van der Waals surface area contributed by atoms with E-state index in [-0.39, 0.29) is 1.43 Å². The summed E-state index contributed by atoms with van der Waals surface area (Å²) in [5.74, 6) is 1.04. The van der Waals surface area contributed by atoms with E-state index in [0.29, 0.717) is 0 Å². The molecule has 0 aromatic heterocycles. The number of hydrogen-bond acceptors (Lipinski definition) is 0. The molecular weight excluding hydrogens is 84.1 g/mol. The Morgan fingerprint density at radius 2 is 1.71 bits per heavy atom. The molecule has 0 heteroatoms. The minimum absolute atomic E-state index is 0. The molecule has 0 aliphatic heterocycles. The summed E-state index contributed by atoms with van der Waals surface area (Å²) in [6.07, 6.45) is 7.44. The quantitative estimate of drug-likeness (QED) is 0.439. The molecule has 7 heavy (non-hydrogen) atoms. The minimum atomic E-state index is 0. The van der Waals surface area contributed by atoms with E-state index in [1.54, 1.807) is 0 Å². The lowest BCUT2D eigenvalue weighted by Crippen LogP contribution is -1.99. The zero-order valence-corrected chi connectivity index (χ0v) is 5.11. The van der Waals surface area contributed by atoms with E-state index in [2.05, 4.69) is 6.92 Å². The lowest BCUT2D eigenvalue weighted by atomic mass is 9.91. The molecule has 44 valence electrons. The van der Waals surface area contributed by atoms with Crippen molar-refractivity contribution in [3.05, 3.63) is 0 Å². The van der Waals surface area contributed by atoms with Gasteiger partial charge in [0.2, 0.25) is 0 Å². The molecule has 0 aromatic rings. The topological polar surface area (TPSA) is 0 Å². The van der Waals surface area contributed by atoms with Crippen LogP contribution in [-0.4, -0.2) is 0 Å². The summed E-state index contributed by atoms with van der Waals surface area (Å²) in [6.45, 7) is 2.36. The van der Waals surface area contributed by atoms with Crippen LogP contribution in [0.5, 0.6) is 0 Å². The molecule has 0 aromatic carbocycles. The first-order valence-electron chi connectivity index (χ1n) is 3.39. The highest BCUT2D eigenvalue weighted by Crippen LogP contribution is 2.21. The Morgan fingerprint density at radius 1 is 1.14 bits per heavy atom. The molecule has 0 saturated heterocycles. The maximum absolute atomic E-state index is 2.36. The van der Waals surface area contributed by atoms with Crippen LogP contribution in [0.2, 0.25) is 0 Å². The van der Waals surface area contributed by atoms with Gasteiger partial charge in [-0.2, -0.15) is 0 Å². The Hall–Kier alpha value is 0. The summed E-state index contributed by atoms with van der Waals surface area (Å²) in [5, 5.41) is 0. The second kappa shape index (κ2) is 2.34. The predicted octanol–water partition coefficient (Wildman–Crippen LogP) is 2.83. The molecule has 0 bridgehead atoms. The van der Waals surface area contributed by atoms with E-state index in [9.17, 15) is 0 Å². The van der Waals surface area contributed by atoms with Gasteiger partial charge in [0.25, 0.3) is 0 Å². The Bertz CT molecular complexity index is 46.3. The van der Waals surface area contributed by atoms with E-state index < -0.39 is 0 Å². The monoisotopic (exact) mass is 100 g/mol. The van der Waals surface area contributed by atoms with Gasteiger partial charge >= 0.3 is 0 Å². The van der Waals surface area contributed by atoms with Gasteiger partial charge in [-0.1, -0.05) is 39.0 Å². The van der Waals surface area contributed by atoms with Gasteiger partial charge in [0.1, 0.15) is 0 Å². The molecule has 1 aliphatic rings. The van der Waals surface area contributed by atoms with Gasteiger partial charge in [0.05, 0.1) is 0 Å². The van der Waals surface area contributed by atoms with E-state index >= 15 is 0 Å². The van der Waals surface area contributed by atoms with Crippen LogP contribution in [0, 0.1) is 5.92 Å². The van der Waals surface area contributed by atoms with Crippen LogP contribution in [0.3, 0.4) is 0 Å². The normalized spacial score (nSPS) is 25.3. The molecule has 0 unspecified atom stereocenters. The standard InChI is InChI=1S/C7H14.H2/c1-7-5-3-2-4-6-7;/h7H,2-6H2,1H3;1H. The maximum Gasteiger partial charge on any atom is 0 e. The van der Waals surface area contributed by atoms with Crippen molar-refractivity contribution in [3.63, 3.8) is 0 Å².